The number of likely N-dealkylation sites (tertiary alicyclic amines) is 2. The molecule has 0 aromatic rings. The summed E-state index contributed by atoms with van der Waals surface area (Å²) in [5, 5.41) is 3.27. The minimum absolute atomic E-state index is 0.172. The van der Waals surface area contributed by atoms with Crippen molar-refractivity contribution in [2.45, 2.75) is 50.1 Å². The number of likely N-dealkylation sites (N-methyl/N-ethyl adjacent to an activating group) is 1. The molecule has 2 heterocycles. The van der Waals surface area contributed by atoms with Crippen molar-refractivity contribution < 1.29 is 4.79 Å². The normalized spacial score (nSPS) is 31.2. The van der Waals surface area contributed by atoms with E-state index in [1.807, 2.05) is 7.05 Å². The Morgan fingerprint density at radius 1 is 1.19 bits per heavy atom. The summed E-state index contributed by atoms with van der Waals surface area (Å²) in [6.07, 6.45) is 7.59. The van der Waals surface area contributed by atoms with Crippen LogP contribution >= 0.6 is 0 Å². The van der Waals surface area contributed by atoms with E-state index in [0.29, 0.717) is 12.0 Å². The first kappa shape index (κ1) is 15.3. The number of nitrogens with two attached hydrogens (primary N) is 1. The third kappa shape index (κ3) is 3.10. The predicted molar refractivity (Wildman–Crippen MR) is 84.0 cm³/mol. The van der Waals surface area contributed by atoms with Gasteiger partial charge in [-0.1, -0.05) is 6.42 Å². The molecule has 2 atom stereocenters. The zero-order chi connectivity index (χ0) is 14.9. The quantitative estimate of drug-likeness (QED) is 0.744. The zero-order valence-corrected chi connectivity index (χ0v) is 13.3. The van der Waals surface area contributed by atoms with Gasteiger partial charge in [-0.05, 0) is 64.7 Å². The van der Waals surface area contributed by atoms with Crippen LogP contribution in [0.25, 0.3) is 0 Å². The molecule has 2 aliphatic heterocycles. The molecule has 0 bridgehead atoms. The Morgan fingerprint density at radius 3 is 2.48 bits per heavy atom. The number of rotatable bonds is 6. The predicted octanol–water partition coefficient (Wildman–Crippen LogP) is 0.400. The molecule has 5 nitrogen and oxygen atoms in total. The summed E-state index contributed by atoms with van der Waals surface area (Å²) in [5.74, 6) is 0.267. The number of piperidine rings is 1. The van der Waals surface area contributed by atoms with Gasteiger partial charge >= 0.3 is 0 Å². The average molecular weight is 294 g/mol. The lowest BCUT2D eigenvalue weighted by molar-refractivity contribution is -0.126. The smallest absolute Gasteiger partial charge is 0.239 e. The fraction of sp³-hybridized carbons (Fsp3) is 0.938. The second-order valence-corrected chi connectivity index (χ2v) is 7.13. The van der Waals surface area contributed by atoms with E-state index in [-0.39, 0.29) is 5.91 Å². The van der Waals surface area contributed by atoms with Crippen LogP contribution in [0.1, 0.15) is 38.5 Å². The van der Waals surface area contributed by atoms with Gasteiger partial charge in [-0.15, -0.1) is 0 Å². The Morgan fingerprint density at radius 2 is 1.90 bits per heavy atom. The van der Waals surface area contributed by atoms with Gasteiger partial charge in [0, 0.05) is 19.1 Å². The standard InChI is InChI=1S/C16H30N4O/c1-18-16(15(17)21,13-5-6-13)12-19-10-7-14(11-19)20-8-3-2-4-9-20/h13-14,18H,2-12H2,1H3,(H2,17,21). The van der Waals surface area contributed by atoms with Crippen LogP contribution in [0.15, 0.2) is 0 Å². The highest BCUT2D eigenvalue weighted by Gasteiger charge is 2.50. The van der Waals surface area contributed by atoms with E-state index in [9.17, 15) is 4.79 Å². The number of carbonyl (C=O) groups is 1. The van der Waals surface area contributed by atoms with E-state index in [2.05, 4.69) is 15.1 Å². The minimum Gasteiger partial charge on any atom is -0.368 e. The van der Waals surface area contributed by atoms with E-state index in [1.165, 1.54) is 38.8 Å². The molecular formula is C16H30N4O. The maximum Gasteiger partial charge on any atom is 0.239 e. The van der Waals surface area contributed by atoms with Gasteiger partial charge in [0.2, 0.25) is 5.91 Å². The highest BCUT2D eigenvalue weighted by Crippen LogP contribution is 2.40. The molecule has 1 amide bonds. The first-order chi connectivity index (χ1) is 10.2. The highest BCUT2D eigenvalue weighted by molar-refractivity contribution is 5.86. The van der Waals surface area contributed by atoms with Gasteiger partial charge < -0.3 is 11.1 Å². The molecule has 21 heavy (non-hydrogen) atoms. The van der Waals surface area contributed by atoms with Crippen molar-refractivity contribution in [2.24, 2.45) is 11.7 Å². The van der Waals surface area contributed by atoms with E-state index in [4.69, 9.17) is 5.73 Å². The minimum atomic E-state index is -0.503. The molecule has 3 rings (SSSR count). The van der Waals surface area contributed by atoms with Crippen molar-refractivity contribution in [3.63, 3.8) is 0 Å². The molecule has 3 fully saturated rings. The van der Waals surface area contributed by atoms with E-state index in [1.54, 1.807) is 0 Å². The van der Waals surface area contributed by atoms with Crippen LogP contribution in [0.3, 0.4) is 0 Å². The van der Waals surface area contributed by atoms with Crippen molar-refractivity contribution >= 4 is 5.91 Å². The Labute approximate surface area is 128 Å². The van der Waals surface area contributed by atoms with Crippen molar-refractivity contribution in [2.75, 3.05) is 39.8 Å². The first-order valence-corrected chi connectivity index (χ1v) is 8.61. The van der Waals surface area contributed by atoms with Crippen LogP contribution in [-0.2, 0) is 4.79 Å². The molecule has 0 aromatic carbocycles. The zero-order valence-electron chi connectivity index (χ0n) is 13.3. The summed E-state index contributed by atoms with van der Waals surface area (Å²) in [6, 6.07) is 0.687. The molecule has 1 saturated carbocycles. The number of carbonyl (C=O) groups excluding carboxylic acids is 1. The average Bonchev–Trinajstić information content (AvgIpc) is 3.25. The molecule has 1 aliphatic carbocycles. The SMILES string of the molecule is CNC(CN1CCC(N2CCCCC2)C1)(C(N)=O)C1CC1. The summed E-state index contributed by atoms with van der Waals surface area (Å²) >= 11 is 0. The molecule has 2 saturated heterocycles. The fourth-order valence-corrected chi connectivity index (χ4v) is 4.28. The lowest BCUT2D eigenvalue weighted by Crippen LogP contribution is -2.62. The van der Waals surface area contributed by atoms with Gasteiger partial charge in [0.25, 0.3) is 0 Å². The van der Waals surface area contributed by atoms with E-state index >= 15 is 0 Å². The third-order valence-electron chi connectivity index (χ3n) is 5.79. The second-order valence-electron chi connectivity index (χ2n) is 7.13. The van der Waals surface area contributed by atoms with Gasteiger partial charge in [0.05, 0.1) is 0 Å². The first-order valence-electron chi connectivity index (χ1n) is 8.61. The fourth-order valence-electron chi connectivity index (χ4n) is 4.28. The number of nitrogens with one attached hydrogen (secondary N) is 1. The Bertz CT molecular complexity index is 378. The topological polar surface area (TPSA) is 61.6 Å². The molecular weight excluding hydrogens is 264 g/mol. The molecule has 5 heteroatoms. The lowest BCUT2D eigenvalue weighted by atomic mass is 9.91. The highest BCUT2D eigenvalue weighted by atomic mass is 16.1. The van der Waals surface area contributed by atoms with Crippen LogP contribution in [-0.4, -0.2) is 67.1 Å². The van der Waals surface area contributed by atoms with Gasteiger partial charge in [-0.2, -0.15) is 0 Å². The van der Waals surface area contributed by atoms with Crippen LogP contribution < -0.4 is 11.1 Å². The van der Waals surface area contributed by atoms with Gasteiger partial charge in [-0.3, -0.25) is 14.6 Å². The molecule has 120 valence electrons. The molecule has 0 spiro atoms. The van der Waals surface area contributed by atoms with Crippen LogP contribution in [0.4, 0.5) is 0 Å². The van der Waals surface area contributed by atoms with Crippen LogP contribution in [0.2, 0.25) is 0 Å². The molecule has 0 aromatic heterocycles. The lowest BCUT2D eigenvalue weighted by Gasteiger charge is -2.36. The Balaban J connectivity index is 1.59. The van der Waals surface area contributed by atoms with E-state index < -0.39 is 5.54 Å². The van der Waals surface area contributed by atoms with Crippen molar-refractivity contribution in [1.29, 1.82) is 0 Å². The Hall–Kier alpha value is -0.650. The van der Waals surface area contributed by atoms with Crippen LogP contribution in [0, 0.1) is 5.92 Å². The summed E-state index contributed by atoms with van der Waals surface area (Å²) in [4.78, 5) is 17.1. The third-order valence-corrected chi connectivity index (χ3v) is 5.79. The van der Waals surface area contributed by atoms with Crippen molar-refractivity contribution in [3.8, 4) is 0 Å². The summed E-state index contributed by atoms with van der Waals surface area (Å²) in [7, 11) is 1.89. The number of hydrogen-bond acceptors (Lipinski definition) is 4. The molecule has 0 radical (unpaired) electrons. The van der Waals surface area contributed by atoms with Gasteiger partial charge in [-0.25, -0.2) is 0 Å². The molecule has 3 aliphatic rings. The maximum absolute atomic E-state index is 12.0. The number of nitrogens with zero attached hydrogens (tertiary/aromatic N) is 2. The largest absolute Gasteiger partial charge is 0.368 e. The van der Waals surface area contributed by atoms with Crippen LogP contribution in [0.5, 0.6) is 0 Å². The molecule has 2 unspecified atom stereocenters. The summed E-state index contributed by atoms with van der Waals surface area (Å²) in [5.41, 5.74) is 5.24. The second kappa shape index (κ2) is 6.23. The summed E-state index contributed by atoms with van der Waals surface area (Å²) in [6.45, 7) is 5.50. The van der Waals surface area contributed by atoms with E-state index in [0.717, 1.165) is 32.5 Å². The molecule has 3 N–H and O–H groups in total. The monoisotopic (exact) mass is 294 g/mol. The maximum atomic E-state index is 12.0. The number of hydrogen-bond donors (Lipinski definition) is 2. The van der Waals surface area contributed by atoms with Crippen molar-refractivity contribution in [1.82, 2.24) is 15.1 Å². The van der Waals surface area contributed by atoms with Gasteiger partial charge in [0.1, 0.15) is 5.54 Å². The van der Waals surface area contributed by atoms with Crippen molar-refractivity contribution in [3.05, 3.63) is 0 Å². The summed E-state index contributed by atoms with van der Waals surface area (Å²) < 4.78 is 0. The number of primary amides is 1. The van der Waals surface area contributed by atoms with Gasteiger partial charge in [0.15, 0.2) is 0 Å². The number of amides is 1. The Kier molecular flexibility index (Phi) is 4.52.